The third-order valence-corrected chi connectivity index (χ3v) is 2.14. The van der Waals surface area contributed by atoms with Gasteiger partial charge < -0.3 is 25.2 Å². The molecule has 7 heteroatoms. The third-order valence-electron chi connectivity index (χ3n) is 2.14. The molecular weight excluding hydrogens is 240 g/mol. The molecule has 2 amide bonds. The highest BCUT2D eigenvalue weighted by atomic mass is 16.5. The van der Waals surface area contributed by atoms with E-state index in [1.165, 1.54) is 0 Å². The van der Waals surface area contributed by atoms with Crippen molar-refractivity contribution in [2.45, 2.75) is 25.8 Å². The second-order valence-corrected chi connectivity index (χ2v) is 3.68. The Kier molecular flexibility index (Phi) is 9.99. The average molecular weight is 262 g/mol. The number of rotatable bonds is 10. The van der Waals surface area contributed by atoms with E-state index in [-0.39, 0.29) is 0 Å². The molecule has 0 saturated heterocycles. The number of amides is 2. The first-order chi connectivity index (χ1) is 8.61. The van der Waals surface area contributed by atoms with Crippen LogP contribution in [0.15, 0.2) is 0 Å². The van der Waals surface area contributed by atoms with Crippen LogP contribution in [-0.4, -0.2) is 56.6 Å². The van der Waals surface area contributed by atoms with Crippen LogP contribution in [0.1, 0.15) is 19.8 Å². The second-order valence-electron chi connectivity index (χ2n) is 3.68. The number of hydrogen-bond donors (Lipinski definition) is 3. The molecule has 0 fully saturated rings. The van der Waals surface area contributed by atoms with Crippen molar-refractivity contribution in [2.75, 3.05) is 33.5 Å². The molecule has 0 radical (unpaired) electrons. The van der Waals surface area contributed by atoms with E-state index in [1.807, 2.05) is 6.92 Å². The van der Waals surface area contributed by atoms with Crippen molar-refractivity contribution >= 4 is 12.0 Å². The second kappa shape index (κ2) is 10.8. The highest BCUT2D eigenvalue weighted by molar-refractivity contribution is 5.82. The zero-order valence-corrected chi connectivity index (χ0v) is 10.9. The zero-order chi connectivity index (χ0) is 13.8. The van der Waals surface area contributed by atoms with Gasteiger partial charge in [-0.15, -0.1) is 0 Å². The molecule has 0 heterocycles. The summed E-state index contributed by atoms with van der Waals surface area (Å²) in [6, 6.07) is -1.34. The Morgan fingerprint density at radius 1 is 1.28 bits per heavy atom. The molecule has 0 rings (SSSR count). The summed E-state index contributed by atoms with van der Waals surface area (Å²) >= 11 is 0. The number of nitrogens with one attached hydrogen (secondary N) is 2. The normalized spacial score (nSPS) is 11.9. The smallest absolute Gasteiger partial charge is 0.326 e. The molecule has 0 aliphatic rings. The topological polar surface area (TPSA) is 96.9 Å². The highest BCUT2D eigenvalue weighted by Gasteiger charge is 2.18. The minimum absolute atomic E-state index is 0.327. The summed E-state index contributed by atoms with van der Waals surface area (Å²) in [5, 5.41) is 13.8. The Morgan fingerprint density at radius 3 is 2.56 bits per heavy atom. The number of carbonyl (C=O) groups excluding carboxylic acids is 1. The summed E-state index contributed by atoms with van der Waals surface area (Å²) in [5.41, 5.74) is 0. The van der Waals surface area contributed by atoms with Gasteiger partial charge in [0.05, 0.1) is 19.8 Å². The number of hydrogen-bond acceptors (Lipinski definition) is 4. The summed E-state index contributed by atoms with van der Waals surface area (Å²) in [5.74, 6) is -1.02. The highest BCUT2D eigenvalue weighted by Crippen LogP contribution is 1.96. The van der Waals surface area contributed by atoms with E-state index in [2.05, 4.69) is 10.6 Å². The van der Waals surface area contributed by atoms with E-state index >= 15 is 0 Å². The maximum absolute atomic E-state index is 11.4. The lowest BCUT2D eigenvalue weighted by atomic mass is 10.2. The number of urea groups is 1. The molecule has 0 saturated carbocycles. The van der Waals surface area contributed by atoms with E-state index in [9.17, 15) is 9.59 Å². The van der Waals surface area contributed by atoms with Gasteiger partial charge in [0.25, 0.3) is 0 Å². The number of carbonyl (C=O) groups is 2. The molecule has 0 spiro atoms. The van der Waals surface area contributed by atoms with Crippen LogP contribution in [-0.2, 0) is 14.3 Å². The number of ether oxygens (including phenoxy) is 2. The van der Waals surface area contributed by atoms with Crippen molar-refractivity contribution in [3.05, 3.63) is 0 Å². The summed E-state index contributed by atoms with van der Waals surface area (Å²) in [4.78, 5) is 22.1. The van der Waals surface area contributed by atoms with Gasteiger partial charge in [-0.3, -0.25) is 0 Å². The van der Waals surface area contributed by atoms with Crippen molar-refractivity contribution in [3.63, 3.8) is 0 Å². The van der Waals surface area contributed by atoms with Gasteiger partial charge >= 0.3 is 12.0 Å². The Labute approximate surface area is 107 Å². The average Bonchev–Trinajstić information content (AvgIpc) is 2.33. The minimum Gasteiger partial charge on any atom is -0.480 e. The summed E-state index contributed by atoms with van der Waals surface area (Å²) in [6.07, 6.45) is 1.10. The maximum Gasteiger partial charge on any atom is 0.326 e. The van der Waals surface area contributed by atoms with Gasteiger partial charge in [0, 0.05) is 13.7 Å². The first kappa shape index (κ1) is 16.7. The maximum atomic E-state index is 11.4. The van der Waals surface area contributed by atoms with Crippen molar-refractivity contribution in [2.24, 2.45) is 0 Å². The number of carboxylic acids is 1. The van der Waals surface area contributed by atoms with Gasteiger partial charge in [-0.05, 0) is 6.42 Å². The van der Waals surface area contributed by atoms with Crippen LogP contribution in [0.5, 0.6) is 0 Å². The standard InChI is InChI=1S/C11H22N2O5/c1-3-4-9(10(14)15)13-11(16)12-5-6-18-8-7-17-2/h9H,3-8H2,1-2H3,(H,14,15)(H2,12,13,16)/t9-/m0/s1. The van der Waals surface area contributed by atoms with Crippen LogP contribution < -0.4 is 10.6 Å². The van der Waals surface area contributed by atoms with E-state index in [1.54, 1.807) is 7.11 Å². The van der Waals surface area contributed by atoms with Gasteiger partial charge in [0.2, 0.25) is 0 Å². The van der Waals surface area contributed by atoms with E-state index in [4.69, 9.17) is 14.6 Å². The summed E-state index contributed by atoms with van der Waals surface area (Å²) in [6.45, 7) is 3.52. The van der Waals surface area contributed by atoms with Crippen LogP contribution >= 0.6 is 0 Å². The van der Waals surface area contributed by atoms with Gasteiger partial charge in [0.15, 0.2) is 0 Å². The van der Waals surface area contributed by atoms with Crippen LogP contribution in [0.2, 0.25) is 0 Å². The Hall–Kier alpha value is -1.34. The van der Waals surface area contributed by atoms with Gasteiger partial charge in [-0.2, -0.15) is 0 Å². The number of methoxy groups -OCH3 is 1. The molecule has 0 bridgehead atoms. The van der Waals surface area contributed by atoms with Crippen molar-refractivity contribution < 1.29 is 24.2 Å². The van der Waals surface area contributed by atoms with Gasteiger partial charge in [0.1, 0.15) is 6.04 Å². The van der Waals surface area contributed by atoms with Crippen molar-refractivity contribution in [1.82, 2.24) is 10.6 Å². The van der Waals surface area contributed by atoms with Gasteiger partial charge in [-0.1, -0.05) is 13.3 Å². The number of aliphatic carboxylic acids is 1. The Bertz CT molecular complexity index is 248. The van der Waals surface area contributed by atoms with Crippen LogP contribution in [0.25, 0.3) is 0 Å². The SMILES string of the molecule is CCC[C@H](NC(=O)NCCOCCOC)C(=O)O. The largest absolute Gasteiger partial charge is 0.480 e. The predicted molar refractivity (Wildman–Crippen MR) is 65.6 cm³/mol. The lowest BCUT2D eigenvalue weighted by molar-refractivity contribution is -0.139. The Balaban J connectivity index is 3.65. The molecule has 0 aliphatic carbocycles. The fourth-order valence-corrected chi connectivity index (χ4v) is 1.24. The summed E-state index contributed by atoms with van der Waals surface area (Å²) in [7, 11) is 1.58. The monoisotopic (exact) mass is 262 g/mol. The first-order valence-corrected chi connectivity index (χ1v) is 5.95. The molecule has 7 nitrogen and oxygen atoms in total. The van der Waals surface area contributed by atoms with Crippen LogP contribution in [0.4, 0.5) is 4.79 Å². The van der Waals surface area contributed by atoms with Crippen molar-refractivity contribution in [3.8, 4) is 0 Å². The zero-order valence-electron chi connectivity index (χ0n) is 10.9. The molecule has 3 N–H and O–H groups in total. The molecule has 0 aromatic rings. The lowest BCUT2D eigenvalue weighted by Crippen LogP contribution is -2.46. The first-order valence-electron chi connectivity index (χ1n) is 5.95. The quantitative estimate of drug-likeness (QED) is 0.489. The van der Waals surface area contributed by atoms with E-state index in [0.717, 1.165) is 0 Å². The number of carboxylic acid groups (broad SMARTS) is 1. The lowest BCUT2D eigenvalue weighted by Gasteiger charge is -2.14. The predicted octanol–water partition coefficient (Wildman–Crippen LogP) is 0.202. The summed E-state index contributed by atoms with van der Waals surface area (Å²) < 4.78 is 9.93. The molecular formula is C11H22N2O5. The molecule has 0 aromatic heterocycles. The molecule has 18 heavy (non-hydrogen) atoms. The van der Waals surface area contributed by atoms with Crippen LogP contribution in [0.3, 0.4) is 0 Å². The fraction of sp³-hybridized carbons (Fsp3) is 0.818. The van der Waals surface area contributed by atoms with Gasteiger partial charge in [-0.25, -0.2) is 9.59 Å². The molecule has 1 atom stereocenters. The van der Waals surface area contributed by atoms with E-state index in [0.29, 0.717) is 39.2 Å². The molecule has 0 aliphatic heterocycles. The van der Waals surface area contributed by atoms with E-state index < -0.39 is 18.0 Å². The molecule has 0 unspecified atom stereocenters. The molecule has 106 valence electrons. The van der Waals surface area contributed by atoms with Crippen molar-refractivity contribution in [1.29, 1.82) is 0 Å². The van der Waals surface area contributed by atoms with Crippen LogP contribution in [0, 0.1) is 0 Å². The third kappa shape index (κ3) is 8.77. The Morgan fingerprint density at radius 2 is 2.00 bits per heavy atom. The fourth-order valence-electron chi connectivity index (χ4n) is 1.24. The minimum atomic E-state index is -1.02. The molecule has 0 aromatic carbocycles.